The Labute approximate surface area is 184 Å². The molecule has 1 atom stereocenters. The van der Waals surface area contributed by atoms with Gasteiger partial charge in [0.25, 0.3) is 5.91 Å². The molecule has 0 radical (unpaired) electrons. The molecule has 5 rings (SSSR count). The van der Waals surface area contributed by atoms with Gasteiger partial charge in [0, 0.05) is 36.4 Å². The Morgan fingerprint density at radius 1 is 1.19 bits per heavy atom. The van der Waals surface area contributed by atoms with Gasteiger partial charge in [0.1, 0.15) is 0 Å². The summed E-state index contributed by atoms with van der Waals surface area (Å²) < 4.78 is 6.39. The fraction of sp³-hybridized carbons (Fsp3) is 0.261. The summed E-state index contributed by atoms with van der Waals surface area (Å²) in [5.74, 6) is 0.262. The van der Waals surface area contributed by atoms with Gasteiger partial charge in [-0.05, 0) is 38.7 Å². The predicted octanol–water partition coefficient (Wildman–Crippen LogP) is 4.34. The number of thiazole rings is 1. The van der Waals surface area contributed by atoms with E-state index in [-0.39, 0.29) is 11.6 Å². The van der Waals surface area contributed by atoms with E-state index in [1.54, 1.807) is 17.4 Å². The monoisotopic (exact) mass is 433 g/mol. The topological polar surface area (TPSA) is 74.5 Å². The smallest absolute Gasteiger partial charge is 0.277 e. The lowest BCUT2D eigenvalue weighted by atomic mass is 10.1. The second-order valence-electron chi connectivity index (χ2n) is 7.93. The molecule has 3 heterocycles. The molecule has 1 aliphatic rings. The van der Waals surface area contributed by atoms with Gasteiger partial charge in [-0.3, -0.25) is 4.79 Å². The van der Waals surface area contributed by atoms with Crippen LogP contribution in [0.2, 0.25) is 0 Å². The number of hydrogen-bond donors (Lipinski definition) is 1. The number of carbonyl (C=O) groups excluding carboxylic acids is 1. The van der Waals surface area contributed by atoms with E-state index in [1.807, 2.05) is 48.5 Å². The summed E-state index contributed by atoms with van der Waals surface area (Å²) in [6.45, 7) is 2.01. The number of fused-ring (bicyclic) bond motifs is 1. The zero-order valence-electron chi connectivity index (χ0n) is 17.4. The summed E-state index contributed by atoms with van der Waals surface area (Å²) in [6.07, 6.45) is 1.15. The number of rotatable bonds is 5. The van der Waals surface area contributed by atoms with Crippen molar-refractivity contribution in [1.29, 1.82) is 0 Å². The molecule has 0 unspecified atom stereocenters. The van der Waals surface area contributed by atoms with Gasteiger partial charge >= 0.3 is 0 Å². The molecular weight excluding hydrogens is 410 g/mol. The molecule has 0 bridgehead atoms. The van der Waals surface area contributed by atoms with Crippen LogP contribution in [0.25, 0.3) is 21.5 Å². The van der Waals surface area contributed by atoms with E-state index in [9.17, 15) is 4.79 Å². The van der Waals surface area contributed by atoms with Crippen molar-refractivity contribution in [3.63, 3.8) is 0 Å². The highest BCUT2D eigenvalue weighted by atomic mass is 32.1. The minimum Gasteiger partial charge on any atom is -0.355 e. The molecule has 2 aromatic carbocycles. The molecule has 4 aromatic rings. The lowest BCUT2D eigenvalue weighted by molar-refractivity contribution is 0.101. The van der Waals surface area contributed by atoms with Crippen molar-refractivity contribution in [2.24, 2.45) is 0 Å². The van der Waals surface area contributed by atoms with Crippen molar-refractivity contribution >= 4 is 38.3 Å². The number of nitrogens with one attached hydrogen (secondary N) is 1. The predicted molar refractivity (Wildman–Crippen MR) is 124 cm³/mol. The molecule has 158 valence electrons. The van der Waals surface area contributed by atoms with Gasteiger partial charge < -0.3 is 19.6 Å². The molecule has 1 N–H and O–H groups in total. The van der Waals surface area contributed by atoms with Gasteiger partial charge in [0.15, 0.2) is 16.6 Å². The number of amides is 1. The van der Waals surface area contributed by atoms with Crippen LogP contribution in [0.15, 0.2) is 59.1 Å². The zero-order chi connectivity index (χ0) is 21.4. The molecule has 1 amide bonds. The first kappa shape index (κ1) is 19.7. The Kier molecular flexibility index (Phi) is 5.17. The number of aromatic nitrogens is 2. The van der Waals surface area contributed by atoms with Crippen LogP contribution in [0.1, 0.15) is 16.9 Å². The minimum atomic E-state index is -0.302. The van der Waals surface area contributed by atoms with Gasteiger partial charge in [-0.2, -0.15) is 0 Å². The molecule has 0 saturated carbocycles. The van der Waals surface area contributed by atoms with Gasteiger partial charge in [-0.25, -0.2) is 4.98 Å². The fourth-order valence-electron chi connectivity index (χ4n) is 3.78. The van der Waals surface area contributed by atoms with Gasteiger partial charge in [-0.15, -0.1) is 0 Å². The third-order valence-corrected chi connectivity index (χ3v) is 6.68. The van der Waals surface area contributed by atoms with Crippen molar-refractivity contribution < 1.29 is 9.32 Å². The number of hydrogen-bond acceptors (Lipinski definition) is 7. The zero-order valence-corrected chi connectivity index (χ0v) is 18.2. The standard InChI is InChI=1S/C23H23N5O2S/c1-27(2)17-10-11-28(14-17)23-25-18-9-8-16(12-21(18)31-23)24-22(29)19-13-20(30-26-19)15-6-4-3-5-7-15/h3-9,12-13,17H,10-11,14H2,1-2H3,(H,24,29)/t17-/m1/s1. The van der Waals surface area contributed by atoms with Crippen molar-refractivity contribution in [2.75, 3.05) is 37.4 Å². The molecule has 1 fully saturated rings. The van der Waals surface area contributed by atoms with Crippen LogP contribution in [0.5, 0.6) is 0 Å². The van der Waals surface area contributed by atoms with E-state index >= 15 is 0 Å². The maximum atomic E-state index is 12.7. The molecule has 0 aliphatic carbocycles. The third kappa shape index (κ3) is 4.04. The Balaban J connectivity index is 1.31. The quantitative estimate of drug-likeness (QED) is 0.505. The molecule has 1 aliphatic heterocycles. The molecule has 0 spiro atoms. The van der Waals surface area contributed by atoms with Crippen LogP contribution >= 0.6 is 11.3 Å². The Morgan fingerprint density at radius 2 is 2.03 bits per heavy atom. The largest absolute Gasteiger partial charge is 0.355 e. The number of nitrogens with zero attached hydrogens (tertiary/aromatic N) is 4. The number of carbonyl (C=O) groups is 1. The van der Waals surface area contributed by atoms with Crippen LogP contribution < -0.4 is 10.2 Å². The molecule has 1 saturated heterocycles. The number of likely N-dealkylation sites (N-methyl/N-ethyl adjacent to an activating group) is 1. The average Bonchev–Trinajstić information content (AvgIpc) is 3.52. The van der Waals surface area contributed by atoms with E-state index in [2.05, 4.69) is 34.4 Å². The van der Waals surface area contributed by atoms with Crippen LogP contribution in [-0.4, -0.2) is 54.2 Å². The van der Waals surface area contributed by atoms with Gasteiger partial charge in [0.05, 0.1) is 10.2 Å². The molecule has 31 heavy (non-hydrogen) atoms. The Morgan fingerprint density at radius 3 is 2.81 bits per heavy atom. The van der Waals surface area contributed by atoms with Gasteiger partial charge in [-0.1, -0.05) is 46.8 Å². The van der Waals surface area contributed by atoms with Crippen LogP contribution in [-0.2, 0) is 0 Å². The second-order valence-corrected chi connectivity index (χ2v) is 8.94. The van der Waals surface area contributed by atoms with Crippen molar-refractivity contribution in [3.8, 4) is 11.3 Å². The van der Waals surface area contributed by atoms with Crippen molar-refractivity contribution in [3.05, 3.63) is 60.3 Å². The summed E-state index contributed by atoms with van der Waals surface area (Å²) in [5, 5.41) is 7.87. The van der Waals surface area contributed by atoms with Crippen LogP contribution in [0.3, 0.4) is 0 Å². The first-order valence-electron chi connectivity index (χ1n) is 10.2. The summed E-state index contributed by atoms with van der Waals surface area (Å²) in [6, 6.07) is 17.6. The maximum Gasteiger partial charge on any atom is 0.277 e. The molecule has 2 aromatic heterocycles. The number of anilines is 2. The fourth-order valence-corrected chi connectivity index (χ4v) is 4.82. The SMILES string of the molecule is CN(C)[C@@H]1CCN(c2nc3ccc(NC(=O)c4cc(-c5ccccc5)on4)cc3s2)C1. The highest BCUT2D eigenvalue weighted by Crippen LogP contribution is 2.33. The third-order valence-electron chi connectivity index (χ3n) is 5.60. The first-order valence-corrected chi connectivity index (χ1v) is 11.0. The van der Waals surface area contributed by atoms with Crippen LogP contribution in [0, 0.1) is 0 Å². The van der Waals surface area contributed by atoms with Crippen LogP contribution in [0.4, 0.5) is 10.8 Å². The Bertz CT molecular complexity index is 1220. The lowest BCUT2D eigenvalue weighted by Crippen LogP contribution is -2.31. The van der Waals surface area contributed by atoms with Crippen molar-refractivity contribution in [2.45, 2.75) is 12.5 Å². The van der Waals surface area contributed by atoms with Gasteiger partial charge in [0.2, 0.25) is 0 Å². The second kappa shape index (κ2) is 8.13. The maximum absolute atomic E-state index is 12.7. The molecule has 7 nitrogen and oxygen atoms in total. The van der Waals surface area contributed by atoms with E-state index < -0.39 is 0 Å². The summed E-state index contributed by atoms with van der Waals surface area (Å²) >= 11 is 1.66. The number of benzene rings is 2. The summed E-state index contributed by atoms with van der Waals surface area (Å²) in [5.41, 5.74) is 2.78. The highest BCUT2D eigenvalue weighted by Gasteiger charge is 2.26. The van der Waals surface area contributed by atoms with E-state index in [0.29, 0.717) is 17.5 Å². The minimum absolute atomic E-state index is 0.246. The lowest BCUT2D eigenvalue weighted by Gasteiger charge is -2.19. The summed E-state index contributed by atoms with van der Waals surface area (Å²) in [7, 11) is 4.25. The summed E-state index contributed by atoms with van der Waals surface area (Å²) in [4.78, 5) is 22.1. The molecule has 8 heteroatoms. The molecular formula is C23H23N5O2S. The van der Waals surface area contributed by atoms with E-state index in [4.69, 9.17) is 9.51 Å². The van der Waals surface area contributed by atoms with Crippen molar-refractivity contribution in [1.82, 2.24) is 15.0 Å². The Hall–Kier alpha value is -3.23. The van der Waals surface area contributed by atoms with E-state index in [0.717, 1.165) is 40.4 Å². The van der Waals surface area contributed by atoms with E-state index in [1.165, 1.54) is 0 Å². The highest BCUT2D eigenvalue weighted by molar-refractivity contribution is 7.22. The first-order chi connectivity index (χ1) is 15.1. The average molecular weight is 434 g/mol. The normalized spacial score (nSPS) is 16.4.